The minimum atomic E-state index is -0.121. The molecule has 1 amide bonds. The summed E-state index contributed by atoms with van der Waals surface area (Å²) in [4.78, 5) is 31.3. The van der Waals surface area contributed by atoms with E-state index in [0.717, 1.165) is 19.4 Å². The molecular weight excluding hydrogens is 318 g/mol. The molecule has 0 bridgehead atoms. The van der Waals surface area contributed by atoms with Gasteiger partial charge in [0.2, 0.25) is 5.91 Å². The molecular formula is C15H21N3O2S2. The fourth-order valence-corrected chi connectivity index (χ4v) is 3.60. The number of aromatic nitrogens is 2. The lowest BCUT2D eigenvalue weighted by Gasteiger charge is -2.21. The van der Waals surface area contributed by atoms with Crippen molar-refractivity contribution in [3.63, 3.8) is 0 Å². The van der Waals surface area contributed by atoms with E-state index in [9.17, 15) is 9.59 Å². The Morgan fingerprint density at radius 2 is 2.23 bits per heavy atom. The molecule has 2 aromatic heterocycles. The number of amides is 1. The number of likely N-dealkylation sites (N-methyl/N-ethyl adjacent to an activating group) is 1. The molecule has 7 heteroatoms. The summed E-state index contributed by atoms with van der Waals surface area (Å²) in [5.74, 6) is -0.0222. The van der Waals surface area contributed by atoms with Crippen LogP contribution in [-0.2, 0) is 11.3 Å². The number of carbonyl (C=O) groups is 1. The molecule has 0 saturated carbocycles. The standard InChI is InChI=1S/C15H21N3O2S2/c1-4-6-8-17(5-2)12(19)10-18-14(20)13-11(7-9-22-13)16-15(18)21-3/h7,9H,4-6,8,10H2,1-3H3. The lowest BCUT2D eigenvalue weighted by atomic mass is 10.3. The van der Waals surface area contributed by atoms with Crippen LogP contribution in [0, 0.1) is 0 Å². The van der Waals surface area contributed by atoms with Gasteiger partial charge < -0.3 is 4.90 Å². The highest BCUT2D eigenvalue weighted by Crippen LogP contribution is 2.19. The molecule has 0 N–H and O–H groups in total. The zero-order valence-electron chi connectivity index (χ0n) is 13.2. The molecule has 2 heterocycles. The first-order valence-electron chi connectivity index (χ1n) is 7.42. The van der Waals surface area contributed by atoms with Gasteiger partial charge in [-0.1, -0.05) is 25.1 Å². The van der Waals surface area contributed by atoms with Crippen molar-refractivity contribution < 1.29 is 4.79 Å². The molecule has 0 aliphatic heterocycles. The van der Waals surface area contributed by atoms with Crippen LogP contribution >= 0.6 is 23.1 Å². The Hall–Kier alpha value is -1.34. The average molecular weight is 339 g/mol. The van der Waals surface area contributed by atoms with Crippen molar-refractivity contribution in [2.45, 2.75) is 38.4 Å². The van der Waals surface area contributed by atoms with E-state index in [1.807, 2.05) is 24.6 Å². The van der Waals surface area contributed by atoms with Crippen LogP contribution in [0.1, 0.15) is 26.7 Å². The minimum absolute atomic E-state index is 0.0222. The van der Waals surface area contributed by atoms with Gasteiger partial charge in [0.15, 0.2) is 5.16 Å². The Labute approximate surface area is 138 Å². The SMILES string of the molecule is CCCCN(CC)C(=O)Cn1c(SC)nc2ccsc2c1=O. The number of hydrogen-bond donors (Lipinski definition) is 0. The number of nitrogens with zero attached hydrogens (tertiary/aromatic N) is 3. The second kappa shape index (κ2) is 7.78. The lowest BCUT2D eigenvalue weighted by Crippen LogP contribution is -2.37. The summed E-state index contributed by atoms with van der Waals surface area (Å²) in [6.45, 7) is 5.53. The summed E-state index contributed by atoms with van der Waals surface area (Å²) in [5.41, 5.74) is 0.589. The number of thioether (sulfide) groups is 1. The molecule has 5 nitrogen and oxygen atoms in total. The number of rotatable bonds is 7. The maximum Gasteiger partial charge on any atom is 0.272 e. The number of hydrogen-bond acceptors (Lipinski definition) is 5. The van der Waals surface area contributed by atoms with Gasteiger partial charge in [-0.2, -0.15) is 0 Å². The molecule has 0 spiro atoms. The van der Waals surface area contributed by atoms with Gasteiger partial charge in [-0.3, -0.25) is 14.2 Å². The van der Waals surface area contributed by atoms with Gasteiger partial charge in [0, 0.05) is 13.1 Å². The van der Waals surface area contributed by atoms with Crippen LogP contribution in [-0.4, -0.2) is 39.7 Å². The smallest absolute Gasteiger partial charge is 0.272 e. The van der Waals surface area contributed by atoms with Gasteiger partial charge in [-0.05, 0) is 31.0 Å². The maximum absolute atomic E-state index is 12.6. The predicted molar refractivity (Wildman–Crippen MR) is 92.8 cm³/mol. The van der Waals surface area contributed by atoms with Gasteiger partial charge in [-0.15, -0.1) is 11.3 Å². The molecule has 22 heavy (non-hydrogen) atoms. The van der Waals surface area contributed by atoms with E-state index in [1.165, 1.54) is 27.7 Å². The van der Waals surface area contributed by atoms with Gasteiger partial charge in [0.1, 0.15) is 11.2 Å². The van der Waals surface area contributed by atoms with Gasteiger partial charge in [0.05, 0.1) is 5.52 Å². The molecule has 0 aliphatic carbocycles. The second-order valence-corrected chi connectivity index (χ2v) is 6.64. The van der Waals surface area contributed by atoms with E-state index in [0.29, 0.717) is 21.9 Å². The van der Waals surface area contributed by atoms with Crippen molar-refractivity contribution in [1.82, 2.24) is 14.5 Å². The van der Waals surface area contributed by atoms with Gasteiger partial charge >= 0.3 is 0 Å². The Bertz CT molecular complexity index is 708. The third-order valence-corrected chi connectivity index (χ3v) is 5.09. The van der Waals surface area contributed by atoms with Crippen LogP contribution in [0.3, 0.4) is 0 Å². The van der Waals surface area contributed by atoms with Crippen molar-refractivity contribution in [2.24, 2.45) is 0 Å². The molecule has 0 radical (unpaired) electrons. The average Bonchev–Trinajstić information content (AvgIpc) is 2.99. The Morgan fingerprint density at radius 1 is 1.45 bits per heavy atom. The molecule has 2 rings (SSSR count). The summed E-state index contributed by atoms with van der Waals surface area (Å²) in [6, 6.07) is 1.84. The first-order valence-corrected chi connectivity index (χ1v) is 9.52. The molecule has 0 aromatic carbocycles. The summed E-state index contributed by atoms with van der Waals surface area (Å²) in [6.07, 6.45) is 3.89. The third kappa shape index (κ3) is 3.52. The van der Waals surface area contributed by atoms with E-state index in [-0.39, 0.29) is 18.0 Å². The highest BCUT2D eigenvalue weighted by Gasteiger charge is 2.17. The fraction of sp³-hybridized carbons (Fsp3) is 0.533. The van der Waals surface area contributed by atoms with Crippen molar-refractivity contribution >= 4 is 39.2 Å². The van der Waals surface area contributed by atoms with Crippen LogP contribution in [0.5, 0.6) is 0 Å². The first-order chi connectivity index (χ1) is 10.6. The van der Waals surface area contributed by atoms with Crippen molar-refractivity contribution in [3.8, 4) is 0 Å². The monoisotopic (exact) mass is 339 g/mol. The largest absolute Gasteiger partial charge is 0.341 e. The summed E-state index contributed by atoms with van der Waals surface area (Å²) in [7, 11) is 0. The number of fused-ring (bicyclic) bond motifs is 1. The van der Waals surface area contributed by atoms with E-state index in [4.69, 9.17) is 0 Å². The number of carbonyl (C=O) groups excluding carboxylic acids is 1. The maximum atomic E-state index is 12.6. The number of unbranched alkanes of at least 4 members (excludes halogenated alkanes) is 1. The zero-order chi connectivity index (χ0) is 16.1. The van der Waals surface area contributed by atoms with Gasteiger partial charge in [0.25, 0.3) is 5.56 Å². The normalized spacial score (nSPS) is 11.0. The topological polar surface area (TPSA) is 55.2 Å². The lowest BCUT2D eigenvalue weighted by molar-refractivity contribution is -0.131. The van der Waals surface area contributed by atoms with Crippen LogP contribution in [0.25, 0.3) is 10.2 Å². The summed E-state index contributed by atoms with van der Waals surface area (Å²) in [5, 5.41) is 2.45. The van der Waals surface area contributed by atoms with Crippen LogP contribution in [0.15, 0.2) is 21.4 Å². The summed E-state index contributed by atoms with van der Waals surface area (Å²) < 4.78 is 2.11. The van der Waals surface area contributed by atoms with Crippen molar-refractivity contribution in [1.29, 1.82) is 0 Å². The second-order valence-electron chi connectivity index (χ2n) is 4.95. The molecule has 0 unspecified atom stereocenters. The predicted octanol–water partition coefficient (Wildman–Crippen LogP) is 2.83. The van der Waals surface area contributed by atoms with Crippen molar-refractivity contribution in [2.75, 3.05) is 19.3 Å². The highest BCUT2D eigenvalue weighted by atomic mass is 32.2. The fourth-order valence-electron chi connectivity index (χ4n) is 2.26. The Balaban J connectivity index is 2.31. The van der Waals surface area contributed by atoms with Crippen LogP contribution in [0.2, 0.25) is 0 Å². The zero-order valence-corrected chi connectivity index (χ0v) is 14.8. The molecule has 0 aliphatic rings. The van der Waals surface area contributed by atoms with E-state index in [2.05, 4.69) is 11.9 Å². The molecule has 0 saturated heterocycles. The molecule has 2 aromatic rings. The van der Waals surface area contributed by atoms with E-state index < -0.39 is 0 Å². The molecule has 120 valence electrons. The van der Waals surface area contributed by atoms with Gasteiger partial charge in [-0.25, -0.2) is 4.98 Å². The highest BCUT2D eigenvalue weighted by molar-refractivity contribution is 7.98. The van der Waals surface area contributed by atoms with Crippen LogP contribution in [0.4, 0.5) is 0 Å². The number of thiophene rings is 1. The van der Waals surface area contributed by atoms with E-state index >= 15 is 0 Å². The molecule has 0 atom stereocenters. The van der Waals surface area contributed by atoms with Crippen LogP contribution < -0.4 is 5.56 Å². The summed E-state index contributed by atoms with van der Waals surface area (Å²) >= 11 is 2.77. The molecule has 0 fully saturated rings. The quantitative estimate of drug-likeness (QED) is 0.575. The van der Waals surface area contributed by atoms with E-state index in [1.54, 1.807) is 4.90 Å². The Morgan fingerprint density at radius 3 is 2.86 bits per heavy atom. The Kier molecular flexibility index (Phi) is 6.02. The first kappa shape index (κ1) is 17.0. The minimum Gasteiger partial charge on any atom is -0.341 e. The third-order valence-electron chi connectivity index (χ3n) is 3.52. The van der Waals surface area contributed by atoms with Crippen molar-refractivity contribution in [3.05, 3.63) is 21.8 Å².